The Morgan fingerprint density at radius 1 is 1.26 bits per heavy atom. The van der Waals surface area contributed by atoms with Gasteiger partial charge in [-0.3, -0.25) is 4.90 Å². The number of carbonyl (C=O) groups excluding carboxylic acids is 1. The molecule has 1 aliphatic rings. The van der Waals surface area contributed by atoms with Crippen molar-refractivity contribution in [3.63, 3.8) is 0 Å². The van der Waals surface area contributed by atoms with Gasteiger partial charge in [0, 0.05) is 13.1 Å². The third-order valence-corrected chi connectivity index (χ3v) is 4.94. The highest BCUT2D eigenvalue weighted by Crippen LogP contribution is 2.16. The van der Waals surface area contributed by atoms with Gasteiger partial charge in [-0.1, -0.05) is 0 Å². The maximum absolute atomic E-state index is 12.0. The highest BCUT2D eigenvalue weighted by atomic mass is 32.2. The van der Waals surface area contributed by atoms with Gasteiger partial charge >= 0.3 is 5.97 Å². The SMILES string of the molecule is CCOC(=O)c1nc(CN2CCOCC2)n(-c2ccc(S(N)(=O)=O)cc2)n1. The molecule has 0 saturated carbocycles. The molecule has 2 N–H and O–H groups in total. The molecule has 10 nitrogen and oxygen atoms in total. The predicted molar refractivity (Wildman–Crippen MR) is 94.8 cm³/mol. The monoisotopic (exact) mass is 395 g/mol. The summed E-state index contributed by atoms with van der Waals surface area (Å²) in [6.45, 7) is 5.12. The molecule has 0 unspecified atom stereocenters. The molecular formula is C16H21N5O5S. The van der Waals surface area contributed by atoms with Crippen molar-refractivity contribution in [3.8, 4) is 5.69 Å². The molecule has 146 valence electrons. The lowest BCUT2D eigenvalue weighted by molar-refractivity contribution is 0.0327. The average Bonchev–Trinajstić information content (AvgIpc) is 3.06. The van der Waals surface area contributed by atoms with E-state index in [1.54, 1.807) is 19.1 Å². The molecule has 2 heterocycles. The topological polar surface area (TPSA) is 130 Å². The van der Waals surface area contributed by atoms with Crippen LogP contribution in [0.1, 0.15) is 23.4 Å². The van der Waals surface area contributed by atoms with Crippen LogP contribution in [-0.4, -0.2) is 67.0 Å². The van der Waals surface area contributed by atoms with Gasteiger partial charge in [-0.2, -0.15) is 0 Å². The standard InChI is InChI=1S/C16H21N5O5S/c1-2-26-16(22)15-18-14(11-20-7-9-25-10-8-20)21(19-15)12-3-5-13(6-4-12)27(17,23)24/h3-6H,2,7-11H2,1H3,(H2,17,23,24). The maximum Gasteiger partial charge on any atom is 0.378 e. The van der Waals surface area contributed by atoms with E-state index in [0.29, 0.717) is 31.3 Å². The number of rotatable bonds is 6. The van der Waals surface area contributed by atoms with Gasteiger partial charge in [-0.25, -0.2) is 28.0 Å². The zero-order valence-corrected chi connectivity index (χ0v) is 15.7. The summed E-state index contributed by atoms with van der Waals surface area (Å²) < 4.78 is 34.7. The van der Waals surface area contributed by atoms with E-state index in [1.807, 2.05) is 0 Å². The van der Waals surface area contributed by atoms with Crippen molar-refractivity contribution in [2.24, 2.45) is 5.14 Å². The van der Waals surface area contributed by atoms with Crippen LogP contribution < -0.4 is 5.14 Å². The van der Waals surface area contributed by atoms with Gasteiger partial charge < -0.3 is 9.47 Å². The molecular weight excluding hydrogens is 374 g/mol. The first kappa shape index (κ1) is 19.4. The van der Waals surface area contributed by atoms with Crippen molar-refractivity contribution in [1.82, 2.24) is 19.7 Å². The van der Waals surface area contributed by atoms with Gasteiger partial charge in [-0.15, -0.1) is 5.10 Å². The Hall–Kier alpha value is -2.34. The van der Waals surface area contributed by atoms with Crippen molar-refractivity contribution in [1.29, 1.82) is 0 Å². The minimum Gasteiger partial charge on any atom is -0.460 e. The van der Waals surface area contributed by atoms with Crippen LogP contribution in [0.3, 0.4) is 0 Å². The Kier molecular flexibility index (Phi) is 5.85. The summed E-state index contributed by atoms with van der Waals surface area (Å²) in [5.41, 5.74) is 0.564. The first-order valence-electron chi connectivity index (χ1n) is 8.45. The second kappa shape index (κ2) is 8.13. The molecule has 0 aliphatic carbocycles. The average molecular weight is 395 g/mol. The lowest BCUT2D eigenvalue weighted by Crippen LogP contribution is -2.36. The highest BCUT2D eigenvalue weighted by molar-refractivity contribution is 7.89. The van der Waals surface area contributed by atoms with E-state index < -0.39 is 16.0 Å². The number of aromatic nitrogens is 3. The van der Waals surface area contributed by atoms with Crippen molar-refractivity contribution in [2.45, 2.75) is 18.4 Å². The van der Waals surface area contributed by atoms with Crippen molar-refractivity contribution >= 4 is 16.0 Å². The van der Waals surface area contributed by atoms with Gasteiger partial charge in [0.2, 0.25) is 10.0 Å². The van der Waals surface area contributed by atoms with Crippen molar-refractivity contribution < 1.29 is 22.7 Å². The minimum atomic E-state index is -3.79. The summed E-state index contributed by atoms with van der Waals surface area (Å²) in [5, 5.41) is 9.38. The van der Waals surface area contributed by atoms with E-state index in [0.717, 1.165) is 13.1 Å². The van der Waals surface area contributed by atoms with E-state index in [4.69, 9.17) is 14.6 Å². The second-order valence-corrected chi connectivity index (χ2v) is 7.47. The number of esters is 1. The fourth-order valence-electron chi connectivity index (χ4n) is 2.67. The molecule has 0 amide bonds. The number of ether oxygens (including phenoxy) is 2. The number of nitrogens with two attached hydrogens (primary N) is 1. The molecule has 0 spiro atoms. The van der Waals surface area contributed by atoms with Crippen LogP contribution in [0.15, 0.2) is 29.2 Å². The molecule has 1 saturated heterocycles. The number of nitrogens with zero attached hydrogens (tertiary/aromatic N) is 4. The number of primary sulfonamides is 1. The predicted octanol–water partition coefficient (Wildman–Crippen LogP) is -0.0764. The Morgan fingerprint density at radius 2 is 1.93 bits per heavy atom. The van der Waals surface area contributed by atoms with Crippen LogP contribution in [0.4, 0.5) is 0 Å². The van der Waals surface area contributed by atoms with E-state index in [-0.39, 0.29) is 17.3 Å². The number of benzene rings is 1. The van der Waals surface area contributed by atoms with Gasteiger partial charge in [0.05, 0.1) is 36.9 Å². The molecule has 0 radical (unpaired) electrons. The molecule has 2 aromatic rings. The summed E-state index contributed by atoms with van der Waals surface area (Å²) in [7, 11) is -3.79. The molecule has 11 heteroatoms. The fraction of sp³-hybridized carbons (Fsp3) is 0.438. The van der Waals surface area contributed by atoms with Crippen LogP contribution in [0.25, 0.3) is 5.69 Å². The third-order valence-electron chi connectivity index (χ3n) is 4.01. The largest absolute Gasteiger partial charge is 0.460 e. The van der Waals surface area contributed by atoms with E-state index in [2.05, 4.69) is 15.0 Å². The summed E-state index contributed by atoms with van der Waals surface area (Å²) >= 11 is 0. The summed E-state index contributed by atoms with van der Waals surface area (Å²) in [6, 6.07) is 5.89. The fourth-order valence-corrected chi connectivity index (χ4v) is 3.19. The molecule has 0 bridgehead atoms. The minimum absolute atomic E-state index is 0.00768. The lowest BCUT2D eigenvalue weighted by atomic mass is 10.3. The van der Waals surface area contributed by atoms with Gasteiger partial charge in [0.15, 0.2) is 0 Å². The zero-order valence-electron chi connectivity index (χ0n) is 14.9. The van der Waals surface area contributed by atoms with Crippen molar-refractivity contribution in [2.75, 3.05) is 32.9 Å². The molecule has 0 atom stereocenters. The number of hydrogen-bond donors (Lipinski definition) is 1. The lowest BCUT2D eigenvalue weighted by Gasteiger charge is -2.26. The van der Waals surface area contributed by atoms with Gasteiger partial charge in [0.25, 0.3) is 5.82 Å². The normalized spacial score (nSPS) is 15.6. The molecule has 27 heavy (non-hydrogen) atoms. The first-order valence-corrected chi connectivity index (χ1v) is 9.99. The summed E-state index contributed by atoms with van der Waals surface area (Å²) in [6.07, 6.45) is 0. The molecule has 1 fully saturated rings. The maximum atomic E-state index is 12.0. The van der Waals surface area contributed by atoms with Crippen LogP contribution in [-0.2, 0) is 26.0 Å². The molecule has 1 aliphatic heterocycles. The van der Waals surface area contributed by atoms with Gasteiger partial charge in [-0.05, 0) is 31.2 Å². The second-order valence-electron chi connectivity index (χ2n) is 5.91. The Balaban J connectivity index is 1.94. The number of carbonyl (C=O) groups is 1. The highest BCUT2D eigenvalue weighted by Gasteiger charge is 2.21. The van der Waals surface area contributed by atoms with Crippen LogP contribution >= 0.6 is 0 Å². The van der Waals surface area contributed by atoms with Crippen LogP contribution in [0.2, 0.25) is 0 Å². The Morgan fingerprint density at radius 3 is 2.52 bits per heavy atom. The van der Waals surface area contributed by atoms with Crippen LogP contribution in [0.5, 0.6) is 0 Å². The smallest absolute Gasteiger partial charge is 0.378 e. The van der Waals surface area contributed by atoms with Crippen molar-refractivity contribution in [3.05, 3.63) is 35.9 Å². The van der Waals surface area contributed by atoms with E-state index in [1.165, 1.54) is 16.8 Å². The molecule has 1 aromatic carbocycles. The first-order chi connectivity index (χ1) is 12.9. The van der Waals surface area contributed by atoms with E-state index >= 15 is 0 Å². The van der Waals surface area contributed by atoms with Crippen LogP contribution in [0, 0.1) is 0 Å². The quantitative estimate of drug-likeness (QED) is 0.673. The summed E-state index contributed by atoms with van der Waals surface area (Å²) in [4.78, 5) is 18.5. The number of hydrogen-bond acceptors (Lipinski definition) is 8. The zero-order chi connectivity index (χ0) is 19.4. The third kappa shape index (κ3) is 4.69. The Labute approximate surface area is 156 Å². The molecule has 1 aromatic heterocycles. The summed E-state index contributed by atoms with van der Waals surface area (Å²) in [5.74, 6) is -0.112. The van der Waals surface area contributed by atoms with E-state index in [9.17, 15) is 13.2 Å². The molecule has 3 rings (SSSR count). The Bertz CT molecular complexity index is 904. The number of sulfonamides is 1. The van der Waals surface area contributed by atoms with Gasteiger partial charge in [0.1, 0.15) is 5.82 Å². The number of morpholine rings is 1.